The quantitative estimate of drug-likeness (QED) is 0.0609. The van der Waals surface area contributed by atoms with Crippen LogP contribution in [0.4, 0.5) is 26.3 Å². The van der Waals surface area contributed by atoms with Crippen LogP contribution in [0.1, 0.15) is 41.5 Å². The molecule has 8 rings (SSSR count). The number of pyridine rings is 4. The maximum Gasteiger partial charge on any atom is 1.00 e. The van der Waals surface area contributed by atoms with Gasteiger partial charge in [0.2, 0.25) is 0 Å². The summed E-state index contributed by atoms with van der Waals surface area (Å²) in [5.74, 6) is -0.963. The topological polar surface area (TPSA) is 286 Å². The van der Waals surface area contributed by atoms with E-state index >= 15 is 0 Å². The second-order valence-corrected chi connectivity index (χ2v) is 17.1. The van der Waals surface area contributed by atoms with Crippen LogP contribution >= 0.6 is 23.2 Å². The molecule has 0 saturated heterocycles. The van der Waals surface area contributed by atoms with Crippen molar-refractivity contribution in [2.24, 2.45) is 14.1 Å². The molecule has 0 saturated carbocycles. The molecule has 0 aliphatic carbocycles. The largest absolute Gasteiger partial charge is 1.00 e. The zero-order valence-electron chi connectivity index (χ0n) is 41.1. The fourth-order valence-corrected chi connectivity index (χ4v) is 8.24. The van der Waals surface area contributed by atoms with Gasteiger partial charge in [-0.05, 0) is 78.1 Å². The minimum absolute atomic E-state index is 0. The van der Waals surface area contributed by atoms with Gasteiger partial charge >= 0.3 is 43.0 Å². The molecule has 1 atom stereocenters. The summed E-state index contributed by atoms with van der Waals surface area (Å²) < 4.78 is 94.0. The van der Waals surface area contributed by atoms with E-state index in [0.29, 0.717) is 27.4 Å². The van der Waals surface area contributed by atoms with E-state index in [2.05, 4.69) is 34.1 Å². The van der Waals surface area contributed by atoms with Crippen molar-refractivity contribution in [1.82, 2.24) is 38.2 Å². The van der Waals surface area contributed by atoms with E-state index in [4.69, 9.17) is 23.2 Å². The molecule has 1 unspecified atom stereocenters. The van der Waals surface area contributed by atoms with Gasteiger partial charge in [-0.2, -0.15) is 0 Å². The first kappa shape index (κ1) is 63.1. The van der Waals surface area contributed by atoms with Gasteiger partial charge in [0, 0.05) is 87.4 Å². The zero-order valence-corrected chi connectivity index (χ0v) is 42.6. The molecule has 8 aromatic rings. The van der Waals surface area contributed by atoms with E-state index < -0.39 is 52.8 Å². The van der Waals surface area contributed by atoms with Crippen molar-refractivity contribution >= 4 is 51.7 Å². The Morgan fingerprint density at radius 1 is 0.679 bits per heavy atom. The maximum absolute atomic E-state index is 13.7. The van der Waals surface area contributed by atoms with Gasteiger partial charge in [0.05, 0.1) is 33.1 Å². The number of carbonyl (C=O) groups excluding carboxylic acids is 1. The van der Waals surface area contributed by atoms with Crippen molar-refractivity contribution < 1.29 is 85.4 Å². The van der Waals surface area contributed by atoms with E-state index in [1.54, 1.807) is 18.2 Å². The van der Waals surface area contributed by atoms with E-state index in [0.717, 1.165) is 31.9 Å². The summed E-state index contributed by atoms with van der Waals surface area (Å²) in [6, 6.07) is 16.4. The standard InChI is InChI=1S/C25H20ClF3N4O6.C24H20ClF3N4O4.Li.2H2O/c1-32-22-20(23(36)33(24(32)37)8-3-9-38-13-34)19(21(35)18-7-6-15(26)11-30-18)17(12-31-22)14-4-2-5-16(10-14)39-25(27,28)29;1-31-21-20(22(34)32(23(31)35)8-3-9-33)18(11-16-7-6-15(25)12-29-16)19(13-30-21)14-4-2-5-17(10-14)36-24(26,27)28;;;/h2,4-7,10-13,21,35H,3,8-9H2,1H3;2,4-7,10,12-13,33H,3,8-9,11H2,1H3;;2*1H2/q;;+1;;/p-1. The van der Waals surface area contributed by atoms with E-state index in [9.17, 15) is 60.5 Å². The number of alkyl halides is 6. The number of hydrogen-bond acceptors (Lipinski definition) is 15. The Balaban J connectivity index is 0.000000325. The van der Waals surface area contributed by atoms with Crippen LogP contribution in [0.15, 0.2) is 117 Å². The first-order valence-electron chi connectivity index (χ1n) is 22.1. The summed E-state index contributed by atoms with van der Waals surface area (Å²) in [4.78, 5) is 80.4. The van der Waals surface area contributed by atoms with Crippen LogP contribution in [0.3, 0.4) is 0 Å². The SMILES string of the molecule is Cn1c(=O)n(CCCO)c(=O)c2c(Cc3ccc(Cl)cn3)c(-c3cccc(OC(F)(F)F)c3)cnc21.Cn1c(=O)n(CCCOC=O)c(=O)c2c(C(O)c3ccc(Cl)cn3)c(-c3cccc(OC(F)(F)F)c3)cnc21.O.[Li+].[OH-]. The van der Waals surface area contributed by atoms with E-state index in [-0.39, 0.29) is 131 Å². The van der Waals surface area contributed by atoms with Crippen molar-refractivity contribution in [3.05, 3.63) is 172 Å². The number of carbonyl (C=O) groups is 1. The summed E-state index contributed by atoms with van der Waals surface area (Å²) in [5, 5.41) is 21.3. The monoisotopic (exact) mass is 1130 g/mol. The van der Waals surface area contributed by atoms with Gasteiger partial charge in [-0.3, -0.25) is 42.6 Å². The van der Waals surface area contributed by atoms with Crippen molar-refractivity contribution in [2.75, 3.05) is 13.2 Å². The van der Waals surface area contributed by atoms with Crippen LogP contribution in [0.25, 0.3) is 44.3 Å². The third-order valence-corrected chi connectivity index (χ3v) is 11.8. The summed E-state index contributed by atoms with van der Waals surface area (Å²) in [7, 11) is 2.85. The van der Waals surface area contributed by atoms with Gasteiger partial charge in [0.15, 0.2) is 0 Å². The number of aromatic nitrogens is 8. The molecular formula is C49H43Cl2F6LiN8O12. The average molecular weight is 1130 g/mol. The van der Waals surface area contributed by atoms with Crippen LogP contribution in [-0.4, -0.2) is 91.8 Å². The number of hydrogen-bond donors (Lipinski definition) is 2. The first-order chi connectivity index (χ1) is 35.6. The average Bonchev–Trinajstić information content (AvgIpc) is 3.36. The summed E-state index contributed by atoms with van der Waals surface area (Å²) in [6.07, 6.45) is -5.63. The molecule has 408 valence electrons. The second-order valence-electron chi connectivity index (χ2n) is 16.2. The van der Waals surface area contributed by atoms with Crippen molar-refractivity contribution in [1.29, 1.82) is 0 Å². The molecule has 0 spiro atoms. The number of aliphatic hydroxyl groups excluding tert-OH is 2. The summed E-state index contributed by atoms with van der Waals surface area (Å²) in [6.45, 7) is -0.175. The van der Waals surface area contributed by atoms with Gasteiger partial charge in [-0.25, -0.2) is 19.6 Å². The van der Waals surface area contributed by atoms with Gasteiger partial charge in [0.25, 0.3) is 17.6 Å². The fraction of sp³-hybridized carbons (Fsp3) is 0.245. The van der Waals surface area contributed by atoms with E-state index in [1.165, 1.54) is 79.8 Å². The Morgan fingerprint density at radius 3 is 1.68 bits per heavy atom. The van der Waals surface area contributed by atoms with Crippen LogP contribution in [0.5, 0.6) is 11.5 Å². The Morgan fingerprint density at radius 2 is 1.18 bits per heavy atom. The smallest absolute Gasteiger partial charge is 0.870 e. The van der Waals surface area contributed by atoms with Gasteiger partial charge in [0.1, 0.15) is 28.9 Å². The molecule has 0 aliphatic heterocycles. The number of benzene rings is 2. The normalized spacial score (nSPS) is 11.6. The molecule has 78 heavy (non-hydrogen) atoms. The third-order valence-electron chi connectivity index (χ3n) is 11.3. The Hall–Kier alpha value is -7.41. The molecule has 0 radical (unpaired) electrons. The van der Waals surface area contributed by atoms with E-state index in [1.807, 2.05) is 0 Å². The number of halogens is 8. The summed E-state index contributed by atoms with van der Waals surface area (Å²) in [5.41, 5.74) is -0.763. The van der Waals surface area contributed by atoms with Gasteiger partial charge in [-0.1, -0.05) is 47.5 Å². The number of aliphatic hydroxyl groups is 2. The molecule has 0 fully saturated rings. The number of nitrogens with zero attached hydrogens (tertiary/aromatic N) is 8. The van der Waals surface area contributed by atoms with Gasteiger partial charge < -0.3 is 35.4 Å². The number of ether oxygens (including phenoxy) is 3. The van der Waals surface area contributed by atoms with Crippen LogP contribution < -0.4 is 50.8 Å². The minimum Gasteiger partial charge on any atom is -0.870 e. The predicted octanol–water partition coefficient (Wildman–Crippen LogP) is 3.04. The molecule has 0 bridgehead atoms. The van der Waals surface area contributed by atoms with Crippen LogP contribution in [0.2, 0.25) is 10.0 Å². The van der Waals surface area contributed by atoms with Gasteiger partial charge in [-0.15, -0.1) is 26.3 Å². The zero-order chi connectivity index (χ0) is 54.4. The summed E-state index contributed by atoms with van der Waals surface area (Å²) >= 11 is 11.9. The molecule has 29 heteroatoms. The molecule has 20 nitrogen and oxygen atoms in total. The minimum atomic E-state index is -4.95. The Labute approximate surface area is 457 Å². The third kappa shape index (κ3) is 14.6. The number of rotatable bonds is 16. The van der Waals surface area contributed by atoms with Crippen molar-refractivity contribution in [3.63, 3.8) is 0 Å². The molecule has 2 aromatic carbocycles. The fourth-order valence-electron chi connectivity index (χ4n) is 8.02. The Bertz CT molecular complexity index is 3660. The molecule has 0 amide bonds. The predicted molar refractivity (Wildman–Crippen MR) is 266 cm³/mol. The molecule has 5 N–H and O–H groups in total. The van der Waals surface area contributed by atoms with Crippen molar-refractivity contribution in [3.8, 4) is 33.8 Å². The molecule has 0 aliphatic rings. The van der Waals surface area contributed by atoms with Crippen molar-refractivity contribution in [2.45, 2.75) is 51.2 Å². The number of fused-ring (bicyclic) bond motifs is 2. The Kier molecular flexibility index (Phi) is 21.7. The first-order valence-corrected chi connectivity index (χ1v) is 22.9. The maximum atomic E-state index is 13.7. The molecule has 6 heterocycles. The van der Waals surface area contributed by atoms with Crippen LogP contribution in [0, 0.1) is 0 Å². The van der Waals surface area contributed by atoms with Crippen LogP contribution in [-0.2, 0) is 43.1 Å². The molecular weight excluding hydrogens is 1080 g/mol. The number of aryl methyl sites for hydroxylation is 2. The second kappa shape index (κ2) is 26.8. The molecule has 6 aromatic heterocycles.